The zero-order valence-electron chi connectivity index (χ0n) is 14.1. The highest BCUT2D eigenvalue weighted by atomic mass is 32.1. The first-order valence-electron chi connectivity index (χ1n) is 8.18. The first-order chi connectivity index (χ1) is 12.2. The molecule has 1 aliphatic heterocycles. The summed E-state index contributed by atoms with van der Waals surface area (Å²) >= 11 is 1.51. The number of amides is 2. The van der Waals surface area contributed by atoms with Gasteiger partial charge < -0.3 is 24.8 Å². The molecule has 0 saturated carbocycles. The maximum Gasteiger partial charge on any atom is 0.322 e. The van der Waals surface area contributed by atoms with Crippen LogP contribution in [0, 0.1) is 0 Å². The number of urea groups is 1. The molecule has 25 heavy (non-hydrogen) atoms. The van der Waals surface area contributed by atoms with Gasteiger partial charge in [0.05, 0.1) is 32.5 Å². The zero-order valence-corrected chi connectivity index (χ0v) is 14.9. The minimum atomic E-state index is -0.598. The van der Waals surface area contributed by atoms with E-state index in [9.17, 15) is 9.90 Å². The van der Waals surface area contributed by atoms with E-state index in [2.05, 4.69) is 5.32 Å². The van der Waals surface area contributed by atoms with Gasteiger partial charge in [0, 0.05) is 29.6 Å². The van der Waals surface area contributed by atoms with Crippen LogP contribution in [0.25, 0.3) is 0 Å². The Hall–Kier alpha value is -2.09. The van der Waals surface area contributed by atoms with E-state index in [4.69, 9.17) is 9.47 Å². The number of thiophene rings is 1. The van der Waals surface area contributed by atoms with Crippen molar-refractivity contribution in [1.82, 2.24) is 4.90 Å². The highest BCUT2D eigenvalue weighted by Crippen LogP contribution is 2.26. The third-order valence-corrected chi connectivity index (χ3v) is 5.15. The number of aliphatic hydroxyl groups is 1. The Bertz CT molecular complexity index is 692. The Morgan fingerprint density at radius 1 is 1.48 bits per heavy atom. The number of nitrogens with zero attached hydrogens (tertiary/aromatic N) is 1. The summed E-state index contributed by atoms with van der Waals surface area (Å²) in [7, 11) is 1.59. The van der Waals surface area contributed by atoms with E-state index >= 15 is 0 Å². The van der Waals surface area contributed by atoms with E-state index in [1.54, 1.807) is 18.1 Å². The third kappa shape index (κ3) is 4.50. The number of carbonyl (C=O) groups excluding carboxylic acids is 1. The molecule has 2 N–H and O–H groups in total. The van der Waals surface area contributed by atoms with Crippen molar-refractivity contribution < 1.29 is 19.4 Å². The molecule has 0 unspecified atom stereocenters. The maximum absolute atomic E-state index is 12.7. The number of benzene rings is 1. The first-order valence-corrected chi connectivity index (χ1v) is 9.06. The smallest absolute Gasteiger partial charge is 0.322 e. The Balaban J connectivity index is 1.66. The van der Waals surface area contributed by atoms with Crippen LogP contribution in [0.3, 0.4) is 0 Å². The molecule has 7 heteroatoms. The molecular formula is C18H22N2O4S. The lowest BCUT2D eigenvalue weighted by molar-refractivity contribution is -0.00382. The fourth-order valence-electron chi connectivity index (χ4n) is 2.87. The Morgan fingerprint density at radius 2 is 2.36 bits per heavy atom. The number of methoxy groups -OCH3 is 1. The number of rotatable bonds is 5. The zero-order chi connectivity index (χ0) is 17.6. The largest absolute Gasteiger partial charge is 0.497 e. The van der Waals surface area contributed by atoms with Crippen LogP contribution in [0.2, 0.25) is 0 Å². The average molecular weight is 362 g/mol. The van der Waals surface area contributed by atoms with E-state index in [1.165, 1.54) is 11.3 Å². The molecule has 1 aromatic heterocycles. The lowest BCUT2D eigenvalue weighted by atomic mass is 10.1. The van der Waals surface area contributed by atoms with Crippen LogP contribution in [-0.4, -0.2) is 48.9 Å². The summed E-state index contributed by atoms with van der Waals surface area (Å²) in [6, 6.07) is 10.7. The second-order valence-electron chi connectivity index (χ2n) is 5.85. The van der Waals surface area contributed by atoms with E-state index in [0.717, 1.165) is 4.88 Å². The van der Waals surface area contributed by atoms with Gasteiger partial charge in [0.2, 0.25) is 0 Å². The molecule has 1 fully saturated rings. The topological polar surface area (TPSA) is 71.0 Å². The fraction of sp³-hybridized carbons (Fsp3) is 0.389. The molecule has 2 heterocycles. The van der Waals surface area contributed by atoms with E-state index in [-0.39, 0.29) is 12.1 Å². The molecule has 2 amide bonds. The lowest BCUT2D eigenvalue weighted by Crippen LogP contribution is -2.50. The predicted molar refractivity (Wildman–Crippen MR) is 97.2 cm³/mol. The van der Waals surface area contributed by atoms with Gasteiger partial charge in [-0.1, -0.05) is 12.1 Å². The molecule has 6 nitrogen and oxygen atoms in total. The molecule has 1 saturated heterocycles. The molecule has 1 aliphatic rings. The van der Waals surface area contributed by atoms with Crippen molar-refractivity contribution in [3.63, 3.8) is 0 Å². The maximum atomic E-state index is 12.7. The van der Waals surface area contributed by atoms with Gasteiger partial charge in [-0.25, -0.2) is 4.79 Å². The number of ether oxygens (including phenoxy) is 2. The van der Waals surface area contributed by atoms with Gasteiger partial charge in [0.1, 0.15) is 5.75 Å². The molecule has 0 spiro atoms. The quantitative estimate of drug-likeness (QED) is 0.857. The molecule has 2 atom stereocenters. The van der Waals surface area contributed by atoms with Gasteiger partial charge in [-0.3, -0.25) is 0 Å². The van der Waals surface area contributed by atoms with Crippen LogP contribution in [0.4, 0.5) is 10.5 Å². The number of anilines is 1. The third-order valence-electron chi connectivity index (χ3n) is 4.18. The molecular weight excluding hydrogens is 340 g/mol. The van der Waals surface area contributed by atoms with Crippen LogP contribution >= 0.6 is 11.3 Å². The van der Waals surface area contributed by atoms with Crippen LogP contribution in [-0.2, 0) is 4.74 Å². The molecule has 2 aromatic rings. The van der Waals surface area contributed by atoms with Crippen molar-refractivity contribution in [2.75, 3.05) is 32.2 Å². The summed E-state index contributed by atoms with van der Waals surface area (Å²) in [5.41, 5.74) is 0.674. The summed E-state index contributed by atoms with van der Waals surface area (Å²) < 4.78 is 10.7. The van der Waals surface area contributed by atoms with E-state index in [1.807, 2.05) is 35.7 Å². The van der Waals surface area contributed by atoms with Gasteiger partial charge >= 0.3 is 6.03 Å². The standard InChI is InChI=1S/C18H22N2O4S/c1-23-15-5-2-4-13(10-15)19-18(22)20-7-8-24-12-14(20)11-16(21)17-6-3-9-25-17/h2-6,9-10,14,16,21H,7-8,11-12H2,1H3,(H,19,22)/t14-,16+/m1/s1. The summed E-state index contributed by atoms with van der Waals surface area (Å²) in [4.78, 5) is 15.3. The minimum Gasteiger partial charge on any atom is -0.497 e. The molecule has 0 aliphatic carbocycles. The summed E-state index contributed by atoms with van der Waals surface area (Å²) in [5, 5.41) is 15.2. The van der Waals surface area contributed by atoms with Crippen molar-refractivity contribution in [1.29, 1.82) is 0 Å². The first kappa shape index (κ1) is 17.7. The summed E-state index contributed by atoms with van der Waals surface area (Å²) in [6.07, 6.45) is -0.148. The van der Waals surface area contributed by atoms with Crippen molar-refractivity contribution in [3.8, 4) is 5.75 Å². The number of nitrogens with one attached hydrogen (secondary N) is 1. The lowest BCUT2D eigenvalue weighted by Gasteiger charge is -2.36. The molecule has 0 bridgehead atoms. The highest BCUT2D eigenvalue weighted by molar-refractivity contribution is 7.10. The van der Waals surface area contributed by atoms with Crippen molar-refractivity contribution in [3.05, 3.63) is 46.7 Å². The molecule has 134 valence electrons. The monoisotopic (exact) mass is 362 g/mol. The SMILES string of the molecule is COc1cccc(NC(=O)N2CCOC[C@H]2C[C@H](O)c2cccs2)c1. The second-order valence-corrected chi connectivity index (χ2v) is 6.83. The van der Waals surface area contributed by atoms with E-state index < -0.39 is 6.10 Å². The Kier molecular flexibility index (Phi) is 5.91. The van der Waals surface area contributed by atoms with Crippen molar-refractivity contribution >= 4 is 23.1 Å². The summed E-state index contributed by atoms with van der Waals surface area (Å²) in [6.45, 7) is 1.42. The number of hydrogen-bond acceptors (Lipinski definition) is 5. The molecule has 3 rings (SSSR count). The van der Waals surface area contributed by atoms with Crippen LogP contribution in [0.1, 0.15) is 17.4 Å². The van der Waals surface area contributed by atoms with E-state index in [0.29, 0.717) is 37.6 Å². The number of morpholine rings is 1. The fourth-order valence-corrected chi connectivity index (χ4v) is 3.59. The van der Waals surface area contributed by atoms with Crippen molar-refractivity contribution in [2.45, 2.75) is 18.6 Å². The molecule has 1 aromatic carbocycles. The van der Waals surface area contributed by atoms with Gasteiger partial charge in [0.15, 0.2) is 0 Å². The van der Waals surface area contributed by atoms with Crippen LogP contribution < -0.4 is 10.1 Å². The number of aliphatic hydroxyl groups excluding tert-OH is 1. The van der Waals surface area contributed by atoms with Gasteiger partial charge in [0.25, 0.3) is 0 Å². The Morgan fingerprint density at radius 3 is 3.12 bits per heavy atom. The summed E-state index contributed by atoms with van der Waals surface area (Å²) in [5.74, 6) is 0.685. The Labute approximate surface area is 151 Å². The molecule has 0 radical (unpaired) electrons. The van der Waals surface area contributed by atoms with Crippen LogP contribution in [0.15, 0.2) is 41.8 Å². The number of carbonyl (C=O) groups is 1. The number of hydrogen-bond donors (Lipinski definition) is 2. The van der Waals surface area contributed by atoms with Gasteiger partial charge in [-0.15, -0.1) is 11.3 Å². The minimum absolute atomic E-state index is 0.170. The normalized spacial score (nSPS) is 18.6. The van der Waals surface area contributed by atoms with Crippen LogP contribution in [0.5, 0.6) is 5.75 Å². The average Bonchev–Trinajstić information content (AvgIpc) is 3.17. The highest BCUT2D eigenvalue weighted by Gasteiger charge is 2.30. The second kappa shape index (κ2) is 8.33. The predicted octanol–water partition coefficient (Wildman–Crippen LogP) is 3.11. The van der Waals surface area contributed by atoms with Gasteiger partial charge in [-0.05, 0) is 23.6 Å². The van der Waals surface area contributed by atoms with Gasteiger partial charge in [-0.2, -0.15) is 0 Å². The van der Waals surface area contributed by atoms with Crippen molar-refractivity contribution in [2.24, 2.45) is 0 Å².